The molecule has 0 saturated carbocycles. The van der Waals surface area contributed by atoms with Crippen molar-refractivity contribution in [1.82, 2.24) is 4.72 Å². The molecular formula is C10H13NO6S. The molecule has 0 amide bonds. The van der Waals surface area contributed by atoms with E-state index in [9.17, 15) is 13.2 Å². The van der Waals surface area contributed by atoms with Crippen molar-refractivity contribution in [1.29, 1.82) is 0 Å². The summed E-state index contributed by atoms with van der Waals surface area (Å²) in [5, 5.41) is 9.09. The van der Waals surface area contributed by atoms with Crippen molar-refractivity contribution in [2.75, 3.05) is 7.11 Å². The van der Waals surface area contributed by atoms with Crippen LogP contribution in [0.2, 0.25) is 0 Å². The monoisotopic (exact) mass is 275 g/mol. The first kappa shape index (κ1) is 14.4. The number of carbonyl (C=O) groups is 1. The Morgan fingerprint density at radius 3 is 2.39 bits per heavy atom. The van der Waals surface area contributed by atoms with Crippen molar-refractivity contribution in [3.8, 4) is 5.75 Å². The molecule has 0 radical (unpaired) electrons. The third kappa shape index (κ3) is 4.70. The summed E-state index contributed by atoms with van der Waals surface area (Å²) in [6, 6.07) is 4.62. The van der Waals surface area contributed by atoms with E-state index in [1.54, 1.807) is 4.72 Å². The Morgan fingerprint density at radius 2 is 1.94 bits per heavy atom. The summed E-state index contributed by atoms with van der Waals surface area (Å²) in [6.07, 6.45) is -0.00720. The van der Waals surface area contributed by atoms with Crippen molar-refractivity contribution >= 4 is 16.3 Å². The maximum atomic E-state index is 11.4. The second-order valence-corrected chi connectivity index (χ2v) is 4.73. The minimum atomic E-state index is -4.51. The van der Waals surface area contributed by atoms with Gasteiger partial charge in [-0.05, 0) is 24.1 Å². The summed E-state index contributed by atoms with van der Waals surface area (Å²) in [5.74, 6) is -0.767. The van der Waals surface area contributed by atoms with Gasteiger partial charge in [-0.15, -0.1) is 0 Å². The molecule has 3 N–H and O–H groups in total. The Kier molecular flexibility index (Phi) is 4.65. The zero-order chi connectivity index (χ0) is 13.8. The van der Waals surface area contributed by atoms with Crippen LogP contribution in [-0.2, 0) is 26.3 Å². The third-order valence-corrected chi connectivity index (χ3v) is 2.74. The first-order valence-corrected chi connectivity index (χ1v) is 6.36. The van der Waals surface area contributed by atoms with Gasteiger partial charge in [0.2, 0.25) is 0 Å². The molecule has 0 aliphatic carbocycles. The van der Waals surface area contributed by atoms with E-state index in [1.165, 1.54) is 24.3 Å². The van der Waals surface area contributed by atoms with Crippen LogP contribution >= 0.6 is 0 Å². The molecule has 1 aromatic carbocycles. The van der Waals surface area contributed by atoms with Crippen molar-refractivity contribution in [3.05, 3.63) is 29.8 Å². The van der Waals surface area contributed by atoms with Gasteiger partial charge in [-0.3, -0.25) is 9.35 Å². The highest BCUT2D eigenvalue weighted by atomic mass is 32.2. The van der Waals surface area contributed by atoms with E-state index in [1.807, 2.05) is 0 Å². The summed E-state index contributed by atoms with van der Waals surface area (Å²) >= 11 is 0. The highest BCUT2D eigenvalue weighted by Gasteiger charge is 2.24. The number of methoxy groups -OCH3 is 1. The number of phenolic OH excluding ortho intramolecular Hbond substituents is 1. The molecule has 0 heterocycles. The normalized spacial score (nSPS) is 13.0. The molecule has 0 spiro atoms. The van der Waals surface area contributed by atoms with Crippen LogP contribution in [0.3, 0.4) is 0 Å². The van der Waals surface area contributed by atoms with Gasteiger partial charge >= 0.3 is 16.3 Å². The predicted octanol–water partition coefficient (Wildman–Crippen LogP) is -0.131. The van der Waals surface area contributed by atoms with E-state index in [4.69, 9.17) is 9.66 Å². The van der Waals surface area contributed by atoms with E-state index in [0.29, 0.717) is 5.56 Å². The Labute approximate surface area is 104 Å². The highest BCUT2D eigenvalue weighted by molar-refractivity contribution is 7.83. The molecule has 7 nitrogen and oxygen atoms in total. The summed E-state index contributed by atoms with van der Waals surface area (Å²) < 4.78 is 36.3. The Morgan fingerprint density at radius 1 is 1.39 bits per heavy atom. The second kappa shape index (κ2) is 5.80. The minimum Gasteiger partial charge on any atom is -0.508 e. The Hall–Kier alpha value is -1.64. The quantitative estimate of drug-likeness (QED) is 0.509. The molecule has 8 heteroatoms. The van der Waals surface area contributed by atoms with Crippen molar-refractivity contribution in [2.24, 2.45) is 0 Å². The van der Waals surface area contributed by atoms with Gasteiger partial charge in [-0.1, -0.05) is 12.1 Å². The second-order valence-electron chi connectivity index (χ2n) is 3.54. The topological polar surface area (TPSA) is 113 Å². The number of carbonyl (C=O) groups excluding carboxylic acids is 1. The minimum absolute atomic E-state index is 0.00720. The lowest BCUT2D eigenvalue weighted by atomic mass is 10.1. The SMILES string of the molecule is COC(=O)[C@H](Cc1ccc(O)cc1)NS(=O)(=O)O. The number of ether oxygens (including phenoxy) is 1. The lowest BCUT2D eigenvalue weighted by molar-refractivity contribution is -0.142. The number of benzene rings is 1. The fourth-order valence-corrected chi connectivity index (χ4v) is 1.90. The van der Waals surface area contributed by atoms with Gasteiger partial charge in [0, 0.05) is 0 Å². The van der Waals surface area contributed by atoms with Gasteiger partial charge in [-0.2, -0.15) is 13.1 Å². The molecule has 0 aromatic heterocycles. The van der Waals surface area contributed by atoms with Gasteiger partial charge in [0.25, 0.3) is 0 Å². The zero-order valence-electron chi connectivity index (χ0n) is 9.53. The van der Waals surface area contributed by atoms with Crippen LogP contribution in [0.1, 0.15) is 5.56 Å². The summed E-state index contributed by atoms with van der Waals surface area (Å²) in [4.78, 5) is 11.4. The molecule has 0 bridgehead atoms. The number of esters is 1. The highest BCUT2D eigenvalue weighted by Crippen LogP contribution is 2.12. The fourth-order valence-electron chi connectivity index (χ4n) is 1.36. The number of nitrogens with one attached hydrogen (secondary N) is 1. The standard InChI is InChI=1S/C10H13NO6S/c1-17-10(13)9(11-18(14,15)16)6-7-2-4-8(12)5-3-7/h2-5,9,11-12H,6H2,1H3,(H,14,15,16)/t9-/m0/s1. The van der Waals surface area contributed by atoms with Gasteiger partial charge in [-0.25, -0.2) is 0 Å². The smallest absolute Gasteiger partial charge is 0.334 e. The first-order valence-electron chi connectivity index (χ1n) is 4.92. The third-order valence-electron chi connectivity index (χ3n) is 2.15. The number of phenols is 1. The van der Waals surface area contributed by atoms with Crippen LogP contribution in [0.4, 0.5) is 0 Å². The number of hydrogen-bond donors (Lipinski definition) is 3. The Balaban J connectivity index is 2.84. The largest absolute Gasteiger partial charge is 0.508 e. The predicted molar refractivity (Wildman–Crippen MR) is 62.3 cm³/mol. The van der Waals surface area contributed by atoms with Crippen LogP contribution in [0.15, 0.2) is 24.3 Å². The van der Waals surface area contributed by atoms with Crippen LogP contribution in [0.5, 0.6) is 5.75 Å². The van der Waals surface area contributed by atoms with Crippen LogP contribution < -0.4 is 4.72 Å². The zero-order valence-corrected chi connectivity index (χ0v) is 10.3. The molecule has 1 rings (SSSR count). The first-order chi connectivity index (χ1) is 8.31. The summed E-state index contributed by atoms with van der Waals surface area (Å²) in [7, 11) is -3.40. The molecule has 1 atom stereocenters. The lowest BCUT2D eigenvalue weighted by Gasteiger charge is -2.14. The molecule has 0 aliphatic heterocycles. The van der Waals surface area contributed by atoms with E-state index in [-0.39, 0.29) is 12.2 Å². The average molecular weight is 275 g/mol. The number of aromatic hydroxyl groups is 1. The molecule has 0 aliphatic rings. The van der Waals surface area contributed by atoms with Crippen molar-refractivity contribution in [3.63, 3.8) is 0 Å². The van der Waals surface area contributed by atoms with Crippen molar-refractivity contribution in [2.45, 2.75) is 12.5 Å². The van der Waals surface area contributed by atoms with E-state index in [0.717, 1.165) is 7.11 Å². The fraction of sp³-hybridized carbons (Fsp3) is 0.300. The molecule has 0 fully saturated rings. The van der Waals surface area contributed by atoms with Crippen LogP contribution in [0.25, 0.3) is 0 Å². The number of rotatable bonds is 5. The molecule has 0 saturated heterocycles. The van der Waals surface area contributed by atoms with Gasteiger partial charge < -0.3 is 9.84 Å². The summed E-state index contributed by atoms with van der Waals surface area (Å²) in [6.45, 7) is 0. The lowest BCUT2D eigenvalue weighted by Crippen LogP contribution is -2.42. The van der Waals surface area contributed by atoms with E-state index in [2.05, 4.69) is 4.74 Å². The van der Waals surface area contributed by atoms with Crippen LogP contribution in [-0.4, -0.2) is 37.2 Å². The van der Waals surface area contributed by atoms with Crippen LogP contribution in [0, 0.1) is 0 Å². The van der Waals surface area contributed by atoms with E-state index >= 15 is 0 Å². The molecule has 1 aromatic rings. The van der Waals surface area contributed by atoms with E-state index < -0.39 is 22.3 Å². The van der Waals surface area contributed by atoms with Crippen molar-refractivity contribution < 1.29 is 27.6 Å². The maximum Gasteiger partial charge on any atom is 0.334 e. The molecule has 100 valence electrons. The summed E-state index contributed by atoms with van der Waals surface area (Å²) in [5.41, 5.74) is 0.597. The maximum absolute atomic E-state index is 11.4. The Bertz CT molecular complexity index is 510. The van der Waals surface area contributed by atoms with Gasteiger partial charge in [0.1, 0.15) is 11.8 Å². The average Bonchev–Trinajstić information content (AvgIpc) is 2.28. The molecule has 18 heavy (non-hydrogen) atoms. The molecular weight excluding hydrogens is 262 g/mol. The number of hydrogen-bond acceptors (Lipinski definition) is 5. The van der Waals surface area contributed by atoms with Gasteiger partial charge in [0.15, 0.2) is 0 Å². The molecule has 0 unspecified atom stereocenters. The van der Waals surface area contributed by atoms with Gasteiger partial charge in [0.05, 0.1) is 7.11 Å².